The number of nitrogens with zero attached hydrogens (tertiary/aromatic N) is 4. The highest BCUT2D eigenvalue weighted by Crippen LogP contribution is 2.39. The monoisotopic (exact) mass is 501 g/mol. The number of aromatic amines is 1. The van der Waals surface area contributed by atoms with E-state index in [0.717, 1.165) is 30.2 Å². The first-order valence-corrected chi connectivity index (χ1v) is 11.8. The first-order valence-electron chi connectivity index (χ1n) is 11.8. The van der Waals surface area contributed by atoms with Crippen LogP contribution < -0.4 is 11.1 Å². The van der Waals surface area contributed by atoms with Crippen molar-refractivity contribution in [3.63, 3.8) is 0 Å². The van der Waals surface area contributed by atoms with Crippen molar-refractivity contribution in [2.24, 2.45) is 5.73 Å². The summed E-state index contributed by atoms with van der Waals surface area (Å²) in [5.41, 5.74) is 6.40. The van der Waals surface area contributed by atoms with E-state index in [4.69, 9.17) is 5.73 Å². The van der Waals surface area contributed by atoms with E-state index in [0.29, 0.717) is 29.6 Å². The van der Waals surface area contributed by atoms with Gasteiger partial charge in [-0.3, -0.25) is 4.68 Å². The molecule has 0 unspecified atom stereocenters. The molecule has 8 nitrogen and oxygen atoms in total. The molecule has 0 bridgehead atoms. The summed E-state index contributed by atoms with van der Waals surface area (Å²) in [6, 6.07) is 5.30. The van der Waals surface area contributed by atoms with Gasteiger partial charge in [0.2, 0.25) is 5.95 Å². The third kappa shape index (κ3) is 5.68. The summed E-state index contributed by atoms with van der Waals surface area (Å²) in [5, 5.41) is 18.0. The molecule has 5 N–H and O–H groups in total. The number of halogens is 3. The Kier molecular flexibility index (Phi) is 7.05. The fraction of sp³-hybridized carbons (Fsp3) is 0.400. The van der Waals surface area contributed by atoms with Gasteiger partial charge in [-0.25, -0.2) is 9.97 Å². The van der Waals surface area contributed by atoms with Gasteiger partial charge < -0.3 is 21.1 Å². The highest BCUT2D eigenvalue weighted by atomic mass is 19.4. The lowest BCUT2D eigenvalue weighted by Gasteiger charge is -2.18. The second-order valence-corrected chi connectivity index (χ2v) is 9.52. The van der Waals surface area contributed by atoms with Crippen molar-refractivity contribution in [3.05, 3.63) is 48.5 Å². The number of nitrogens with one attached hydrogen (secondary N) is 2. The number of H-pyrrole nitrogens is 1. The fourth-order valence-electron chi connectivity index (χ4n) is 4.14. The minimum atomic E-state index is -4.62. The Morgan fingerprint density at radius 2 is 1.97 bits per heavy atom. The zero-order valence-electron chi connectivity index (χ0n) is 20.4. The molecule has 0 radical (unpaired) electrons. The summed E-state index contributed by atoms with van der Waals surface area (Å²) in [6.07, 6.45) is 2.84. The van der Waals surface area contributed by atoms with Gasteiger partial charge >= 0.3 is 6.18 Å². The molecule has 0 saturated heterocycles. The fourth-order valence-corrected chi connectivity index (χ4v) is 4.14. The number of anilines is 1. The third-order valence-corrected chi connectivity index (χ3v) is 5.80. The second-order valence-electron chi connectivity index (χ2n) is 9.52. The molecular formula is C25H30F3N7O. The Morgan fingerprint density at radius 1 is 1.19 bits per heavy atom. The number of nitrogens with two attached hydrogens (primary N) is 1. The van der Waals surface area contributed by atoms with Gasteiger partial charge in [-0.05, 0) is 31.9 Å². The van der Waals surface area contributed by atoms with Gasteiger partial charge in [0.05, 0.1) is 24.0 Å². The lowest BCUT2D eigenvalue weighted by atomic mass is 10.0. The molecule has 11 heteroatoms. The molecule has 1 atom stereocenters. The van der Waals surface area contributed by atoms with Gasteiger partial charge in [0.15, 0.2) is 0 Å². The molecule has 4 rings (SSSR count). The van der Waals surface area contributed by atoms with Crippen LogP contribution in [0, 0.1) is 0 Å². The van der Waals surface area contributed by atoms with Crippen LogP contribution in [0.1, 0.15) is 39.2 Å². The number of hydrogen-bond acceptors (Lipinski definition) is 6. The second kappa shape index (κ2) is 9.90. The largest absolute Gasteiger partial charge is 0.419 e. The summed E-state index contributed by atoms with van der Waals surface area (Å²) in [4.78, 5) is 11.3. The number of benzene rings is 1. The maximum absolute atomic E-state index is 13.9. The van der Waals surface area contributed by atoms with E-state index < -0.39 is 17.3 Å². The average Bonchev–Trinajstić information content (AvgIpc) is 3.43. The van der Waals surface area contributed by atoms with Gasteiger partial charge in [-0.15, -0.1) is 0 Å². The van der Waals surface area contributed by atoms with Crippen molar-refractivity contribution in [1.82, 2.24) is 24.7 Å². The average molecular weight is 502 g/mol. The number of hydrogen-bond donors (Lipinski definition) is 4. The molecule has 0 aliphatic carbocycles. The standard InChI is InChI=1S/C25H30F3N7O/c1-4-5-17(9-29)33-23-31-12-20(25(26,27)28)22(34-23)19-11-30-21-8-15(6-7-18(19)21)16-10-32-35(13-16)14-24(2,3)36/h6-8,10-13,17,30,36H,4-5,9,14,29H2,1-3H3,(H,31,33,34)/t17-/m0/s1. The van der Waals surface area contributed by atoms with Crippen LogP contribution in [0.15, 0.2) is 43.0 Å². The summed E-state index contributed by atoms with van der Waals surface area (Å²) in [7, 11) is 0. The van der Waals surface area contributed by atoms with E-state index in [1.807, 2.05) is 25.3 Å². The molecule has 3 aromatic heterocycles. The number of rotatable bonds is 9. The molecule has 0 fully saturated rings. The molecule has 192 valence electrons. The van der Waals surface area contributed by atoms with Crippen LogP contribution in [0.25, 0.3) is 33.3 Å². The van der Waals surface area contributed by atoms with E-state index in [1.165, 1.54) is 6.20 Å². The predicted octanol–water partition coefficient (Wildman–Crippen LogP) is 4.82. The van der Waals surface area contributed by atoms with E-state index >= 15 is 0 Å². The third-order valence-electron chi connectivity index (χ3n) is 5.80. The molecule has 0 spiro atoms. The van der Waals surface area contributed by atoms with Crippen molar-refractivity contribution in [3.8, 4) is 22.4 Å². The Hall–Kier alpha value is -3.44. The molecule has 0 saturated carbocycles. The van der Waals surface area contributed by atoms with Gasteiger partial charge in [0.1, 0.15) is 5.56 Å². The molecule has 0 aliphatic heterocycles. The lowest BCUT2D eigenvalue weighted by molar-refractivity contribution is -0.137. The molecular weight excluding hydrogens is 471 g/mol. The first-order chi connectivity index (χ1) is 17.0. The maximum atomic E-state index is 13.9. The summed E-state index contributed by atoms with van der Waals surface area (Å²) >= 11 is 0. The summed E-state index contributed by atoms with van der Waals surface area (Å²) in [5.74, 6) is 0.104. The van der Waals surface area contributed by atoms with Gasteiger partial charge in [0, 0.05) is 53.2 Å². The quantitative estimate of drug-likeness (QED) is 0.261. The summed E-state index contributed by atoms with van der Waals surface area (Å²) in [6.45, 7) is 6.04. The number of aromatic nitrogens is 5. The predicted molar refractivity (Wildman–Crippen MR) is 133 cm³/mol. The topological polar surface area (TPSA) is 118 Å². The maximum Gasteiger partial charge on any atom is 0.419 e. The minimum absolute atomic E-state index is 0.104. The Bertz CT molecular complexity index is 1340. The Labute approximate surface area is 206 Å². The SMILES string of the molecule is CCC[C@@H](CN)Nc1ncc(C(F)(F)F)c(-c2c[nH]c3cc(-c4cnn(CC(C)(C)O)c4)ccc23)n1. The molecule has 36 heavy (non-hydrogen) atoms. The Morgan fingerprint density at radius 3 is 2.64 bits per heavy atom. The van der Waals surface area contributed by atoms with E-state index in [9.17, 15) is 18.3 Å². The zero-order valence-corrected chi connectivity index (χ0v) is 20.4. The molecule has 3 heterocycles. The van der Waals surface area contributed by atoms with Crippen LogP contribution in [0.4, 0.5) is 19.1 Å². The molecule has 4 aromatic rings. The van der Waals surface area contributed by atoms with Crippen LogP contribution in [0.3, 0.4) is 0 Å². The van der Waals surface area contributed by atoms with Gasteiger partial charge in [-0.2, -0.15) is 18.3 Å². The van der Waals surface area contributed by atoms with E-state index in [1.54, 1.807) is 30.8 Å². The molecule has 1 aromatic carbocycles. The van der Waals surface area contributed by atoms with Gasteiger partial charge in [0.25, 0.3) is 0 Å². The van der Waals surface area contributed by atoms with E-state index in [-0.39, 0.29) is 17.7 Å². The number of alkyl halides is 3. The Balaban J connectivity index is 1.72. The molecule has 0 amide bonds. The summed E-state index contributed by atoms with van der Waals surface area (Å²) < 4.78 is 43.3. The highest BCUT2D eigenvalue weighted by molar-refractivity contribution is 5.97. The van der Waals surface area contributed by atoms with E-state index in [2.05, 4.69) is 25.4 Å². The van der Waals surface area contributed by atoms with Crippen molar-refractivity contribution in [2.45, 2.75) is 58.0 Å². The van der Waals surface area contributed by atoms with Crippen LogP contribution in [-0.4, -0.2) is 48.0 Å². The van der Waals surface area contributed by atoms with Crippen molar-refractivity contribution >= 4 is 16.9 Å². The number of fused-ring (bicyclic) bond motifs is 1. The highest BCUT2D eigenvalue weighted by Gasteiger charge is 2.36. The lowest BCUT2D eigenvalue weighted by Crippen LogP contribution is -2.29. The smallest absolute Gasteiger partial charge is 0.389 e. The van der Waals surface area contributed by atoms with Crippen LogP contribution in [0.2, 0.25) is 0 Å². The normalized spacial score (nSPS) is 13.3. The van der Waals surface area contributed by atoms with Gasteiger partial charge in [-0.1, -0.05) is 25.5 Å². The molecule has 0 aliphatic rings. The number of aliphatic hydroxyl groups is 1. The van der Waals surface area contributed by atoms with Crippen molar-refractivity contribution < 1.29 is 18.3 Å². The minimum Gasteiger partial charge on any atom is -0.389 e. The van der Waals surface area contributed by atoms with Crippen LogP contribution in [0.5, 0.6) is 0 Å². The van der Waals surface area contributed by atoms with Crippen LogP contribution in [-0.2, 0) is 12.7 Å². The van der Waals surface area contributed by atoms with Crippen molar-refractivity contribution in [1.29, 1.82) is 0 Å². The first kappa shape index (κ1) is 25.6. The van der Waals surface area contributed by atoms with Crippen LogP contribution >= 0.6 is 0 Å². The van der Waals surface area contributed by atoms with Crippen molar-refractivity contribution in [2.75, 3.05) is 11.9 Å². The zero-order chi connectivity index (χ0) is 26.1.